The number of phenolic OH excluding ortho intramolecular Hbond substituents is 1. The predicted molar refractivity (Wildman–Crippen MR) is 92.1 cm³/mol. The highest BCUT2D eigenvalue weighted by Crippen LogP contribution is 2.35. The van der Waals surface area contributed by atoms with Crippen molar-refractivity contribution < 1.29 is 5.11 Å². The first-order valence-corrected chi connectivity index (χ1v) is 7.04. The van der Waals surface area contributed by atoms with Crippen LogP contribution in [-0.4, -0.2) is 23.6 Å². The Labute approximate surface area is 129 Å². The number of hydrogen-bond acceptors (Lipinski definition) is 4. The van der Waals surface area contributed by atoms with Crippen LogP contribution >= 0.6 is 0 Å². The Kier molecular flexibility index (Phi) is 3.51. The molecule has 2 aromatic carbocycles. The van der Waals surface area contributed by atoms with Crippen molar-refractivity contribution >= 4 is 27.9 Å². The number of nitrogens with one attached hydrogen (secondary N) is 1. The van der Waals surface area contributed by atoms with E-state index in [9.17, 15) is 5.11 Å². The van der Waals surface area contributed by atoms with Gasteiger partial charge in [-0.3, -0.25) is 10.4 Å². The number of benzene rings is 2. The summed E-state index contributed by atoms with van der Waals surface area (Å²) < 4.78 is 0. The maximum Gasteiger partial charge on any atom is 0.141 e. The molecular weight excluding hydrogens is 274 g/mol. The minimum Gasteiger partial charge on any atom is -0.506 e. The van der Waals surface area contributed by atoms with Crippen molar-refractivity contribution in [2.45, 2.75) is 6.92 Å². The summed E-state index contributed by atoms with van der Waals surface area (Å²) >= 11 is 0. The van der Waals surface area contributed by atoms with Crippen LogP contribution in [0, 0.1) is 5.41 Å². The molecule has 0 amide bonds. The molecule has 0 saturated carbocycles. The molecular formula is C18H17N3O. The molecule has 2 N–H and O–H groups in total. The van der Waals surface area contributed by atoms with Crippen LogP contribution in [0.15, 0.2) is 65.3 Å². The lowest BCUT2D eigenvalue weighted by Crippen LogP contribution is -2.19. The zero-order valence-electron chi connectivity index (χ0n) is 12.5. The molecule has 0 unspecified atom stereocenters. The lowest BCUT2D eigenvalue weighted by Gasteiger charge is -2.19. The van der Waals surface area contributed by atoms with Gasteiger partial charge in [-0.15, -0.1) is 0 Å². The summed E-state index contributed by atoms with van der Waals surface area (Å²) in [5.41, 5.74) is 2.62. The van der Waals surface area contributed by atoms with Crippen LogP contribution in [0.25, 0.3) is 10.8 Å². The van der Waals surface area contributed by atoms with E-state index >= 15 is 0 Å². The summed E-state index contributed by atoms with van der Waals surface area (Å²) in [6.45, 7) is 1.97. The fraction of sp³-hybridized carbons (Fsp3) is 0.111. The third-order valence-corrected chi connectivity index (χ3v) is 3.61. The number of rotatable bonds is 2. The van der Waals surface area contributed by atoms with Crippen LogP contribution in [0.5, 0.6) is 5.75 Å². The van der Waals surface area contributed by atoms with Gasteiger partial charge < -0.3 is 5.11 Å². The van der Waals surface area contributed by atoms with Crippen LogP contribution in [0.4, 0.5) is 5.69 Å². The van der Waals surface area contributed by atoms with Gasteiger partial charge in [0, 0.05) is 12.4 Å². The largest absolute Gasteiger partial charge is 0.506 e. The molecule has 0 heterocycles. The Morgan fingerprint density at radius 2 is 1.86 bits per heavy atom. The molecule has 0 spiro atoms. The minimum absolute atomic E-state index is 0.170. The Bertz CT molecular complexity index is 847. The number of phenols is 1. The first-order chi connectivity index (χ1) is 10.6. The fourth-order valence-electron chi connectivity index (χ4n) is 2.52. The second kappa shape index (κ2) is 5.48. The van der Waals surface area contributed by atoms with Crippen molar-refractivity contribution in [2.24, 2.45) is 5.10 Å². The maximum absolute atomic E-state index is 10.2. The monoisotopic (exact) mass is 291 g/mol. The van der Waals surface area contributed by atoms with E-state index in [0.717, 1.165) is 16.3 Å². The lowest BCUT2D eigenvalue weighted by molar-refractivity contribution is 0.476. The Morgan fingerprint density at radius 1 is 1.09 bits per heavy atom. The van der Waals surface area contributed by atoms with E-state index in [-0.39, 0.29) is 5.75 Å². The van der Waals surface area contributed by atoms with Gasteiger partial charge in [0.25, 0.3) is 0 Å². The molecule has 4 heteroatoms. The third-order valence-electron chi connectivity index (χ3n) is 3.61. The van der Waals surface area contributed by atoms with Crippen molar-refractivity contribution in [1.29, 1.82) is 5.41 Å². The van der Waals surface area contributed by atoms with Gasteiger partial charge in [0.1, 0.15) is 17.1 Å². The summed E-state index contributed by atoms with van der Waals surface area (Å²) in [4.78, 5) is 0. The zero-order chi connectivity index (χ0) is 15.7. The summed E-state index contributed by atoms with van der Waals surface area (Å²) in [6.07, 6.45) is 5.47. The lowest BCUT2D eigenvalue weighted by atomic mass is 10.1. The number of allylic oxidation sites excluding steroid dienone is 4. The van der Waals surface area contributed by atoms with Crippen molar-refractivity contribution in [3.63, 3.8) is 0 Å². The molecule has 3 rings (SSSR count). The molecule has 0 bridgehead atoms. The molecule has 2 aromatic rings. The number of nitrogens with zero attached hydrogens (tertiary/aromatic N) is 2. The summed E-state index contributed by atoms with van der Waals surface area (Å²) in [7, 11) is 1.78. The van der Waals surface area contributed by atoms with E-state index in [1.54, 1.807) is 24.2 Å². The fourth-order valence-corrected chi connectivity index (χ4v) is 2.52. The average molecular weight is 291 g/mol. The van der Waals surface area contributed by atoms with Gasteiger partial charge in [-0.05, 0) is 36.1 Å². The van der Waals surface area contributed by atoms with Crippen LogP contribution in [0.2, 0.25) is 0 Å². The van der Waals surface area contributed by atoms with Crippen LogP contribution in [0.1, 0.15) is 6.92 Å². The summed E-state index contributed by atoms with van der Waals surface area (Å²) in [5.74, 6) is 0.170. The Hall–Kier alpha value is -2.88. The molecule has 0 atom stereocenters. The smallest absolute Gasteiger partial charge is 0.141 e. The van der Waals surface area contributed by atoms with Gasteiger partial charge in [0.05, 0.1) is 5.71 Å². The number of fused-ring (bicyclic) bond motifs is 1. The van der Waals surface area contributed by atoms with Crippen molar-refractivity contribution in [3.8, 4) is 5.75 Å². The van der Waals surface area contributed by atoms with Gasteiger partial charge >= 0.3 is 0 Å². The second-order valence-electron chi connectivity index (χ2n) is 5.30. The SMILES string of the molecule is CC1=C/C(=N/N(C)c2c(O)ccc3ccccc23)C(=N)C=C1. The molecule has 1 aliphatic rings. The average Bonchev–Trinajstić information content (AvgIpc) is 2.50. The highest BCUT2D eigenvalue weighted by Gasteiger charge is 2.13. The first-order valence-electron chi connectivity index (χ1n) is 7.04. The van der Waals surface area contributed by atoms with Gasteiger partial charge in [-0.2, -0.15) is 5.10 Å². The molecule has 0 aliphatic heterocycles. The molecule has 0 fully saturated rings. The predicted octanol–water partition coefficient (Wildman–Crippen LogP) is 3.87. The van der Waals surface area contributed by atoms with E-state index < -0.39 is 0 Å². The minimum atomic E-state index is 0.170. The highest BCUT2D eigenvalue weighted by atomic mass is 16.3. The van der Waals surface area contributed by atoms with E-state index in [1.807, 2.05) is 49.4 Å². The summed E-state index contributed by atoms with van der Waals surface area (Å²) in [5, 5.41) is 26.3. The second-order valence-corrected chi connectivity index (χ2v) is 5.30. The van der Waals surface area contributed by atoms with Crippen molar-refractivity contribution in [2.75, 3.05) is 12.1 Å². The topological polar surface area (TPSA) is 59.7 Å². The molecule has 0 aromatic heterocycles. The standard InChI is InChI=1S/C18H17N3O/c1-12-7-9-15(19)16(11-12)20-21(2)18-14-6-4-3-5-13(14)8-10-17(18)22/h3-11,19,22H,1-2H3/b19-15?,20-16-. The third kappa shape index (κ3) is 2.51. The molecule has 22 heavy (non-hydrogen) atoms. The molecule has 1 aliphatic carbocycles. The first kappa shape index (κ1) is 14.1. The van der Waals surface area contributed by atoms with Crippen LogP contribution in [-0.2, 0) is 0 Å². The number of anilines is 1. The Morgan fingerprint density at radius 3 is 2.68 bits per heavy atom. The summed E-state index contributed by atoms with van der Waals surface area (Å²) in [6, 6.07) is 11.4. The van der Waals surface area contributed by atoms with Crippen LogP contribution < -0.4 is 5.01 Å². The van der Waals surface area contributed by atoms with Gasteiger partial charge in [0.15, 0.2) is 0 Å². The molecule has 0 radical (unpaired) electrons. The van der Waals surface area contributed by atoms with Crippen molar-refractivity contribution in [3.05, 3.63) is 60.2 Å². The molecule has 4 nitrogen and oxygen atoms in total. The van der Waals surface area contributed by atoms with E-state index in [2.05, 4.69) is 5.10 Å². The zero-order valence-corrected chi connectivity index (χ0v) is 12.5. The highest BCUT2D eigenvalue weighted by molar-refractivity contribution is 6.50. The quantitative estimate of drug-likeness (QED) is 0.651. The van der Waals surface area contributed by atoms with Gasteiger partial charge in [0.2, 0.25) is 0 Å². The Balaban J connectivity index is 2.10. The molecule has 0 saturated heterocycles. The van der Waals surface area contributed by atoms with Gasteiger partial charge in [-0.1, -0.05) is 36.4 Å². The number of aromatic hydroxyl groups is 1. The number of hydrazone groups is 1. The van der Waals surface area contributed by atoms with E-state index in [1.165, 1.54) is 0 Å². The van der Waals surface area contributed by atoms with E-state index in [4.69, 9.17) is 5.41 Å². The molecule has 110 valence electrons. The van der Waals surface area contributed by atoms with Gasteiger partial charge in [-0.25, -0.2) is 0 Å². The van der Waals surface area contributed by atoms with Crippen LogP contribution in [0.3, 0.4) is 0 Å². The maximum atomic E-state index is 10.2. The van der Waals surface area contributed by atoms with E-state index in [0.29, 0.717) is 17.1 Å². The number of hydrogen-bond donors (Lipinski definition) is 2. The normalized spacial score (nSPS) is 16.2. The van der Waals surface area contributed by atoms with Crippen molar-refractivity contribution in [1.82, 2.24) is 0 Å².